The van der Waals surface area contributed by atoms with Crippen molar-refractivity contribution in [2.75, 3.05) is 5.32 Å². The van der Waals surface area contributed by atoms with Gasteiger partial charge in [0.15, 0.2) is 0 Å². The van der Waals surface area contributed by atoms with Gasteiger partial charge in [-0.1, -0.05) is 18.2 Å². The van der Waals surface area contributed by atoms with Gasteiger partial charge in [-0.05, 0) is 75.2 Å². The number of hydrogen-bond donors (Lipinski definition) is 2. The van der Waals surface area contributed by atoms with Crippen molar-refractivity contribution < 1.29 is 14.2 Å². The molecular formula is C26H25FN2O2. The number of benzene rings is 2. The number of aliphatic hydroxyl groups is 1. The van der Waals surface area contributed by atoms with E-state index in [1.807, 2.05) is 44.2 Å². The average Bonchev–Trinajstić information content (AvgIpc) is 2.67. The zero-order chi connectivity index (χ0) is 22.0. The summed E-state index contributed by atoms with van der Waals surface area (Å²) in [4.78, 5) is 4.58. The molecule has 1 unspecified atom stereocenters. The predicted molar refractivity (Wildman–Crippen MR) is 120 cm³/mol. The van der Waals surface area contributed by atoms with Crippen LogP contribution >= 0.6 is 0 Å². The van der Waals surface area contributed by atoms with Crippen LogP contribution in [0.3, 0.4) is 0 Å². The first-order valence-electron chi connectivity index (χ1n) is 10.4. The van der Waals surface area contributed by atoms with Crippen LogP contribution in [0, 0.1) is 12.7 Å². The van der Waals surface area contributed by atoms with E-state index in [4.69, 9.17) is 4.74 Å². The number of fused-ring (bicyclic) bond motifs is 5. The summed E-state index contributed by atoms with van der Waals surface area (Å²) >= 11 is 0. The first-order chi connectivity index (χ1) is 14.7. The number of aryl methyl sites for hydroxylation is 1. The fourth-order valence-electron chi connectivity index (χ4n) is 4.85. The zero-order valence-corrected chi connectivity index (χ0v) is 18.1. The minimum Gasteiger partial charge on any atom is -0.457 e. The van der Waals surface area contributed by atoms with Gasteiger partial charge in [0.25, 0.3) is 0 Å². The number of anilines is 1. The van der Waals surface area contributed by atoms with Crippen LogP contribution in [0.5, 0.6) is 5.75 Å². The molecule has 0 spiro atoms. The number of nitrogens with zero attached hydrogens (tertiary/aromatic N) is 1. The van der Waals surface area contributed by atoms with E-state index < -0.39 is 5.79 Å². The van der Waals surface area contributed by atoms with Crippen molar-refractivity contribution in [3.8, 4) is 16.9 Å². The van der Waals surface area contributed by atoms with Gasteiger partial charge in [-0.2, -0.15) is 0 Å². The molecule has 2 aliphatic rings. The second-order valence-electron chi connectivity index (χ2n) is 9.06. The lowest BCUT2D eigenvalue weighted by atomic mass is 9.79. The summed E-state index contributed by atoms with van der Waals surface area (Å²) in [5.74, 6) is -1.54. The monoisotopic (exact) mass is 416 g/mol. The molecule has 2 aromatic carbocycles. The Hall–Kier alpha value is -3.18. The highest BCUT2D eigenvalue weighted by atomic mass is 19.1. The summed E-state index contributed by atoms with van der Waals surface area (Å²) in [5, 5.41) is 15.5. The van der Waals surface area contributed by atoms with Crippen molar-refractivity contribution in [3.05, 3.63) is 82.9 Å². The number of hydrogen-bond acceptors (Lipinski definition) is 4. The summed E-state index contributed by atoms with van der Waals surface area (Å²) in [5.41, 5.74) is 6.27. The molecular weight excluding hydrogens is 391 g/mol. The second-order valence-corrected chi connectivity index (χ2v) is 9.06. The summed E-state index contributed by atoms with van der Waals surface area (Å²) in [6, 6.07) is 14.0. The fraction of sp³-hybridized carbons (Fsp3) is 0.269. The quantitative estimate of drug-likeness (QED) is 0.572. The van der Waals surface area contributed by atoms with Gasteiger partial charge >= 0.3 is 0 Å². The number of ether oxygens (including phenoxy) is 1. The normalized spacial score (nSPS) is 20.5. The largest absolute Gasteiger partial charge is 0.457 e. The number of allylic oxidation sites excluding steroid dienone is 1. The van der Waals surface area contributed by atoms with Crippen LogP contribution in [0.4, 0.5) is 10.1 Å². The molecule has 4 nitrogen and oxygen atoms in total. The van der Waals surface area contributed by atoms with Crippen molar-refractivity contribution in [2.45, 2.75) is 45.4 Å². The molecule has 2 aliphatic heterocycles. The van der Waals surface area contributed by atoms with Crippen LogP contribution in [0.2, 0.25) is 0 Å². The summed E-state index contributed by atoms with van der Waals surface area (Å²) in [6.45, 7) is 8.15. The molecule has 5 rings (SSSR count). The average molecular weight is 416 g/mol. The van der Waals surface area contributed by atoms with Gasteiger partial charge in [-0.25, -0.2) is 4.39 Å². The third kappa shape index (κ3) is 3.29. The van der Waals surface area contributed by atoms with Crippen LogP contribution in [0.25, 0.3) is 16.7 Å². The van der Waals surface area contributed by atoms with Crippen LogP contribution in [0.15, 0.2) is 54.6 Å². The highest BCUT2D eigenvalue weighted by Gasteiger charge is 2.44. The number of rotatable bonds is 2. The molecule has 3 aromatic rings. The molecule has 1 atom stereocenters. The molecule has 1 aromatic heterocycles. The third-order valence-electron chi connectivity index (χ3n) is 5.90. The Kier molecular flexibility index (Phi) is 4.25. The Morgan fingerprint density at radius 3 is 2.65 bits per heavy atom. The molecule has 0 radical (unpaired) electrons. The van der Waals surface area contributed by atoms with Crippen LogP contribution in [-0.4, -0.2) is 15.6 Å². The fourth-order valence-corrected chi connectivity index (χ4v) is 4.85. The zero-order valence-electron chi connectivity index (χ0n) is 18.1. The minimum atomic E-state index is -1.65. The standard InChI is InChI=1S/C26H25FN2O2/c1-15-13-25(3,4)29-21-10-9-19-20-12-17(27)8-11-22(20)31-26(30,24(19)23(15)21)14-18-7-5-6-16(2)28-18/h5-13,29-30H,14H2,1-4H3. The molecule has 0 fully saturated rings. The maximum atomic E-state index is 14.1. The molecule has 158 valence electrons. The summed E-state index contributed by atoms with van der Waals surface area (Å²) in [6.07, 6.45) is 2.31. The van der Waals surface area contributed by atoms with E-state index in [1.54, 1.807) is 6.07 Å². The van der Waals surface area contributed by atoms with Gasteiger partial charge in [0.05, 0.1) is 12.0 Å². The van der Waals surface area contributed by atoms with Crippen molar-refractivity contribution in [2.24, 2.45) is 0 Å². The Morgan fingerprint density at radius 1 is 1.06 bits per heavy atom. The number of pyridine rings is 1. The van der Waals surface area contributed by atoms with E-state index >= 15 is 0 Å². The van der Waals surface area contributed by atoms with E-state index in [1.165, 1.54) is 12.1 Å². The van der Waals surface area contributed by atoms with Gasteiger partial charge in [0.2, 0.25) is 5.79 Å². The van der Waals surface area contributed by atoms with Gasteiger partial charge < -0.3 is 15.2 Å². The molecule has 0 aliphatic carbocycles. The topological polar surface area (TPSA) is 54.4 Å². The molecule has 31 heavy (non-hydrogen) atoms. The first kappa shape index (κ1) is 19.8. The lowest BCUT2D eigenvalue weighted by Crippen LogP contribution is -2.41. The Morgan fingerprint density at radius 2 is 1.87 bits per heavy atom. The number of aromatic nitrogens is 1. The van der Waals surface area contributed by atoms with Gasteiger partial charge in [-0.15, -0.1) is 0 Å². The van der Waals surface area contributed by atoms with E-state index in [0.717, 1.165) is 33.8 Å². The van der Waals surface area contributed by atoms with Crippen LogP contribution < -0.4 is 10.1 Å². The second kappa shape index (κ2) is 6.66. The summed E-state index contributed by atoms with van der Waals surface area (Å²) < 4.78 is 20.3. The molecule has 0 amide bonds. The van der Waals surface area contributed by atoms with Crippen molar-refractivity contribution >= 4 is 11.3 Å². The Balaban J connectivity index is 1.77. The molecule has 0 saturated carbocycles. The molecule has 0 saturated heterocycles. The van der Waals surface area contributed by atoms with E-state index in [2.05, 4.69) is 30.2 Å². The molecule has 0 bridgehead atoms. The smallest absolute Gasteiger partial charge is 0.241 e. The lowest BCUT2D eigenvalue weighted by molar-refractivity contribution is -0.147. The van der Waals surface area contributed by atoms with Gasteiger partial charge in [0.1, 0.15) is 11.6 Å². The molecule has 3 heterocycles. The predicted octanol–water partition coefficient (Wildman–Crippen LogP) is 5.58. The first-order valence-corrected chi connectivity index (χ1v) is 10.4. The number of halogens is 1. The molecule has 2 N–H and O–H groups in total. The third-order valence-corrected chi connectivity index (χ3v) is 5.90. The Bertz CT molecular complexity index is 1250. The van der Waals surface area contributed by atoms with Crippen molar-refractivity contribution in [3.63, 3.8) is 0 Å². The lowest BCUT2D eigenvalue weighted by Gasteiger charge is -2.41. The SMILES string of the molecule is CC1=CC(C)(C)Nc2ccc3c(c21)C(O)(Cc1cccc(C)n1)Oc1ccc(F)cc1-3. The maximum absolute atomic E-state index is 14.1. The van der Waals surface area contributed by atoms with Crippen molar-refractivity contribution in [1.29, 1.82) is 0 Å². The van der Waals surface area contributed by atoms with Crippen LogP contribution in [0.1, 0.15) is 43.3 Å². The summed E-state index contributed by atoms with van der Waals surface area (Å²) in [7, 11) is 0. The van der Waals surface area contributed by atoms with E-state index in [9.17, 15) is 9.50 Å². The van der Waals surface area contributed by atoms with E-state index in [0.29, 0.717) is 16.9 Å². The Labute approximate surface area is 181 Å². The molecule has 5 heteroatoms. The number of nitrogens with one attached hydrogen (secondary N) is 1. The maximum Gasteiger partial charge on any atom is 0.241 e. The van der Waals surface area contributed by atoms with Crippen molar-refractivity contribution in [1.82, 2.24) is 4.98 Å². The van der Waals surface area contributed by atoms with Gasteiger partial charge in [0, 0.05) is 33.8 Å². The van der Waals surface area contributed by atoms with E-state index in [-0.39, 0.29) is 17.8 Å². The highest BCUT2D eigenvalue weighted by molar-refractivity contribution is 5.90. The van der Waals surface area contributed by atoms with Gasteiger partial charge in [-0.3, -0.25) is 4.98 Å². The minimum absolute atomic E-state index is 0.172. The highest BCUT2D eigenvalue weighted by Crippen LogP contribution is 2.51. The van der Waals surface area contributed by atoms with Crippen LogP contribution in [-0.2, 0) is 12.2 Å².